The summed E-state index contributed by atoms with van der Waals surface area (Å²) < 4.78 is 55.5. The Morgan fingerprint density at radius 1 is 1.25 bits per heavy atom. The zero-order valence-electron chi connectivity index (χ0n) is 13.2. The van der Waals surface area contributed by atoms with E-state index in [9.17, 15) is 22.0 Å². The highest BCUT2D eigenvalue weighted by Crippen LogP contribution is 2.47. The number of aromatic nitrogens is 1. The lowest BCUT2D eigenvalue weighted by atomic mass is 9.63. The van der Waals surface area contributed by atoms with E-state index in [0.717, 1.165) is 6.07 Å². The van der Waals surface area contributed by atoms with E-state index in [4.69, 9.17) is 0 Å². The molecule has 2 heterocycles. The highest BCUT2D eigenvalue weighted by atomic mass is 32.2. The summed E-state index contributed by atoms with van der Waals surface area (Å²) in [5.74, 6) is -0.0759. The minimum atomic E-state index is -3.74. The van der Waals surface area contributed by atoms with Crippen molar-refractivity contribution in [1.29, 1.82) is 0 Å². The number of aryl methyl sites for hydroxylation is 1. The van der Waals surface area contributed by atoms with Gasteiger partial charge in [-0.25, -0.2) is 13.4 Å². The van der Waals surface area contributed by atoms with Gasteiger partial charge in [-0.1, -0.05) is 0 Å². The summed E-state index contributed by atoms with van der Waals surface area (Å²) in [6.45, 7) is -0.863. The monoisotopic (exact) mass is 360 g/mol. The molecule has 0 aromatic carbocycles. The van der Waals surface area contributed by atoms with Gasteiger partial charge in [0.25, 0.3) is 0 Å². The van der Waals surface area contributed by atoms with E-state index in [0.29, 0.717) is 38.8 Å². The topological polar surface area (TPSA) is 76.6 Å². The molecule has 2 fully saturated rings. The molecule has 0 N–H and O–H groups in total. The molecule has 3 rings (SSSR count). The number of pyridine rings is 1. The first-order valence-corrected chi connectivity index (χ1v) is 9.10. The fourth-order valence-corrected chi connectivity index (χ4v) is 5.03. The van der Waals surface area contributed by atoms with E-state index in [-0.39, 0.29) is 27.7 Å². The fourth-order valence-electron chi connectivity index (χ4n) is 3.43. The number of hydrogen-bond donors (Lipinski definition) is 0. The summed E-state index contributed by atoms with van der Waals surface area (Å²) in [7, 11) is -3.74. The first-order valence-electron chi connectivity index (χ1n) is 7.66. The molecule has 0 bridgehead atoms. The van der Waals surface area contributed by atoms with E-state index in [1.54, 1.807) is 0 Å². The summed E-state index contributed by atoms with van der Waals surface area (Å²) in [6, 6.07) is 2.37. The number of rotatable bonds is 4. The summed E-state index contributed by atoms with van der Waals surface area (Å²) in [5, 5.41) is 0. The van der Waals surface area contributed by atoms with Crippen molar-refractivity contribution in [2.75, 3.05) is 13.1 Å². The Morgan fingerprint density at radius 2 is 1.88 bits per heavy atom. The molecule has 6 nitrogen and oxygen atoms in total. The van der Waals surface area contributed by atoms with Crippen molar-refractivity contribution in [3.05, 3.63) is 17.8 Å². The predicted molar refractivity (Wildman–Crippen MR) is 80.3 cm³/mol. The van der Waals surface area contributed by atoms with Gasteiger partial charge < -0.3 is 4.74 Å². The number of piperidine rings is 1. The number of carbonyl (C=O) groups excluding carboxylic acids is 1. The highest BCUT2D eigenvalue weighted by Gasteiger charge is 2.46. The van der Waals surface area contributed by atoms with Gasteiger partial charge in [-0.15, -0.1) is 0 Å². The van der Waals surface area contributed by atoms with Gasteiger partial charge in [0.2, 0.25) is 15.9 Å². The number of halogens is 2. The number of Topliss-reactive ketones (excluding diaryl/α,β-unsaturated/α-hetero) is 1. The SMILES string of the molecule is Cc1nc(OC(F)F)ccc1S(=O)(=O)N1CCC2(CC1)CC(=O)C2. The molecule has 24 heavy (non-hydrogen) atoms. The average Bonchev–Trinajstić information content (AvgIpc) is 2.45. The molecule has 0 atom stereocenters. The zero-order valence-corrected chi connectivity index (χ0v) is 14.0. The van der Waals surface area contributed by atoms with Gasteiger partial charge in [-0.3, -0.25) is 4.79 Å². The summed E-state index contributed by atoms with van der Waals surface area (Å²) >= 11 is 0. The molecule has 1 saturated heterocycles. The van der Waals surface area contributed by atoms with Gasteiger partial charge in [-0.05, 0) is 31.2 Å². The molecular formula is C15H18F2N2O4S. The van der Waals surface area contributed by atoms with Gasteiger partial charge in [0.05, 0.1) is 5.69 Å². The second-order valence-corrected chi connectivity index (χ2v) is 8.31. The van der Waals surface area contributed by atoms with Crippen LogP contribution in [0.5, 0.6) is 5.88 Å². The van der Waals surface area contributed by atoms with Crippen LogP contribution in [0.3, 0.4) is 0 Å². The Morgan fingerprint density at radius 3 is 2.38 bits per heavy atom. The van der Waals surface area contributed by atoms with Crippen LogP contribution in [0.4, 0.5) is 8.78 Å². The standard InChI is InChI=1S/C15H18F2N2O4S/c1-10-12(2-3-13(18-10)23-14(16)17)24(21,22)19-6-4-15(5-7-19)8-11(20)9-15/h2-3,14H,4-9H2,1H3. The van der Waals surface area contributed by atoms with E-state index >= 15 is 0 Å². The Balaban J connectivity index is 1.75. The molecule has 1 aromatic heterocycles. The van der Waals surface area contributed by atoms with E-state index in [1.807, 2.05) is 0 Å². The minimum absolute atomic E-state index is 0.00949. The molecule has 1 aliphatic carbocycles. The van der Waals surface area contributed by atoms with Crippen LogP contribution in [0, 0.1) is 12.3 Å². The maximum absolute atomic E-state index is 12.8. The van der Waals surface area contributed by atoms with Gasteiger partial charge in [-0.2, -0.15) is 13.1 Å². The maximum atomic E-state index is 12.8. The maximum Gasteiger partial charge on any atom is 0.388 e. The normalized spacial score (nSPS) is 21.1. The zero-order chi connectivity index (χ0) is 17.5. The van der Waals surface area contributed by atoms with Crippen molar-refractivity contribution in [3.63, 3.8) is 0 Å². The molecule has 0 amide bonds. The number of carbonyl (C=O) groups is 1. The second kappa shape index (κ2) is 6.03. The van der Waals surface area contributed by atoms with Gasteiger partial charge in [0, 0.05) is 32.0 Å². The lowest BCUT2D eigenvalue weighted by Gasteiger charge is -2.46. The van der Waals surface area contributed by atoms with Crippen molar-refractivity contribution in [2.45, 2.75) is 44.1 Å². The summed E-state index contributed by atoms with van der Waals surface area (Å²) in [6.07, 6.45) is 2.41. The van der Waals surface area contributed by atoms with Crippen molar-refractivity contribution in [1.82, 2.24) is 9.29 Å². The molecule has 132 valence electrons. The number of ketones is 1. The average molecular weight is 360 g/mol. The van der Waals surface area contributed by atoms with Crippen molar-refractivity contribution < 1.29 is 26.7 Å². The lowest BCUT2D eigenvalue weighted by molar-refractivity contribution is -0.134. The second-order valence-electron chi connectivity index (χ2n) is 6.41. The number of alkyl halides is 2. The molecular weight excluding hydrogens is 342 g/mol. The molecule has 0 radical (unpaired) electrons. The molecule has 1 aromatic rings. The number of ether oxygens (including phenoxy) is 1. The molecule has 1 saturated carbocycles. The van der Waals surface area contributed by atoms with Gasteiger partial charge in [0.15, 0.2) is 0 Å². The Kier molecular flexibility index (Phi) is 4.33. The van der Waals surface area contributed by atoms with E-state index in [2.05, 4.69) is 9.72 Å². The van der Waals surface area contributed by atoms with Crippen LogP contribution in [0.15, 0.2) is 17.0 Å². The quantitative estimate of drug-likeness (QED) is 0.822. The van der Waals surface area contributed by atoms with Crippen LogP contribution in [0.2, 0.25) is 0 Å². The van der Waals surface area contributed by atoms with Crippen molar-refractivity contribution in [2.24, 2.45) is 5.41 Å². The van der Waals surface area contributed by atoms with Crippen LogP contribution in [-0.2, 0) is 14.8 Å². The number of nitrogens with zero attached hydrogens (tertiary/aromatic N) is 2. The third-order valence-corrected chi connectivity index (χ3v) is 6.80. The smallest absolute Gasteiger partial charge is 0.388 e. The van der Waals surface area contributed by atoms with Gasteiger partial charge >= 0.3 is 6.61 Å². The highest BCUT2D eigenvalue weighted by molar-refractivity contribution is 7.89. The Hall–Kier alpha value is -1.61. The van der Waals surface area contributed by atoms with Crippen LogP contribution in [-0.4, -0.2) is 43.2 Å². The lowest BCUT2D eigenvalue weighted by Crippen LogP contribution is -2.49. The van der Waals surface area contributed by atoms with Crippen LogP contribution >= 0.6 is 0 Å². The third kappa shape index (κ3) is 3.14. The third-order valence-electron chi connectivity index (χ3n) is 4.77. The molecule has 9 heteroatoms. The molecule has 1 spiro atoms. The summed E-state index contributed by atoms with van der Waals surface area (Å²) in [4.78, 5) is 15.0. The largest absolute Gasteiger partial charge is 0.417 e. The fraction of sp³-hybridized carbons (Fsp3) is 0.600. The van der Waals surface area contributed by atoms with Crippen LogP contribution in [0.25, 0.3) is 0 Å². The van der Waals surface area contributed by atoms with E-state index in [1.165, 1.54) is 17.3 Å². The molecule has 1 aliphatic heterocycles. The minimum Gasteiger partial charge on any atom is -0.417 e. The van der Waals surface area contributed by atoms with Crippen LogP contribution in [0.1, 0.15) is 31.4 Å². The Bertz CT molecular complexity index is 749. The molecule has 2 aliphatic rings. The van der Waals surface area contributed by atoms with Gasteiger partial charge in [0.1, 0.15) is 10.7 Å². The predicted octanol–water partition coefficient (Wildman–Crippen LogP) is 2.13. The van der Waals surface area contributed by atoms with Crippen molar-refractivity contribution >= 4 is 15.8 Å². The Labute approximate surface area is 138 Å². The summed E-state index contributed by atoms with van der Waals surface area (Å²) in [5.41, 5.74) is 0.0954. The number of sulfonamides is 1. The van der Waals surface area contributed by atoms with E-state index < -0.39 is 16.6 Å². The number of hydrogen-bond acceptors (Lipinski definition) is 5. The molecule has 0 unspecified atom stereocenters. The van der Waals surface area contributed by atoms with Crippen LogP contribution < -0.4 is 4.74 Å². The first kappa shape index (κ1) is 17.2. The first-order chi connectivity index (χ1) is 11.2. The van der Waals surface area contributed by atoms with Crippen molar-refractivity contribution in [3.8, 4) is 5.88 Å².